The van der Waals surface area contributed by atoms with E-state index in [2.05, 4.69) is 35.4 Å². The van der Waals surface area contributed by atoms with E-state index < -0.39 is 0 Å². The Kier molecular flexibility index (Phi) is 3.44. The lowest BCUT2D eigenvalue weighted by Gasteiger charge is -2.08. The molecule has 3 heterocycles. The van der Waals surface area contributed by atoms with E-state index in [0.29, 0.717) is 26.1 Å². The summed E-state index contributed by atoms with van der Waals surface area (Å²) in [5.74, 6) is 0. The Morgan fingerprint density at radius 3 is 1.62 bits per heavy atom. The number of rotatable bonds is 8. The summed E-state index contributed by atoms with van der Waals surface area (Å²) < 4.78 is 10.8. The van der Waals surface area contributed by atoms with Gasteiger partial charge in [-0.2, -0.15) is 30.4 Å². The van der Waals surface area contributed by atoms with Crippen LogP contribution in [0.1, 0.15) is 26.7 Å². The van der Waals surface area contributed by atoms with Crippen LogP contribution in [0.25, 0.3) is 0 Å². The molecule has 2 aliphatic heterocycles. The van der Waals surface area contributed by atoms with Crippen LogP contribution >= 0.6 is 11.6 Å². The summed E-state index contributed by atoms with van der Waals surface area (Å²) in [6, 6.07) is 0.252. The molecule has 0 saturated carbocycles. The van der Waals surface area contributed by atoms with E-state index in [1.807, 2.05) is 13.8 Å². The molecule has 0 bridgehead atoms. The zero-order valence-electron chi connectivity index (χ0n) is 11.7. The van der Waals surface area contributed by atoms with E-state index in [0.717, 1.165) is 0 Å². The van der Waals surface area contributed by atoms with Gasteiger partial charge in [-0.1, -0.05) is 0 Å². The second-order valence-electron chi connectivity index (χ2n) is 5.20. The first-order valence-electron chi connectivity index (χ1n) is 6.52. The molecule has 0 aliphatic carbocycles. The third-order valence-corrected chi connectivity index (χ3v) is 3.23. The molecule has 0 amide bonds. The SMILES string of the molecule is CC1(CCOc2nc(Cl)nc(OCCC3(C)N=N3)n2)N=N1. The minimum atomic E-state index is -0.317. The molecule has 0 saturated heterocycles. The molecule has 0 atom stereocenters. The fourth-order valence-corrected chi connectivity index (χ4v) is 1.63. The van der Waals surface area contributed by atoms with Gasteiger partial charge in [0.1, 0.15) is 0 Å². The van der Waals surface area contributed by atoms with Crippen molar-refractivity contribution in [2.75, 3.05) is 13.2 Å². The van der Waals surface area contributed by atoms with Gasteiger partial charge < -0.3 is 9.47 Å². The summed E-state index contributed by atoms with van der Waals surface area (Å²) in [5.41, 5.74) is -0.633. The lowest BCUT2D eigenvalue weighted by molar-refractivity contribution is 0.244. The number of hydrogen-bond acceptors (Lipinski definition) is 9. The molecule has 0 radical (unpaired) electrons. The first kappa shape index (κ1) is 14.1. The standard InChI is InChI=1S/C11H14ClN7O2/c1-10(16-17-10)3-5-20-8-13-7(12)14-9(15-8)21-6-4-11(2)18-19-11/h3-6H2,1-2H3. The Morgan fingerprint density at radius 1 is 0.810 bits per heavy atom. The maximum absolute atomic E-state index is 5.82. The van der Waals surface area contributed by atoms with Crippen molar-refractivity contribution in [3.63, 3.8) is 0 Å². The Hall–Kier alpha value is -1.90. The summed E-state index contributed by atoms with van der Waals surface area (Å²) >= 11 is 5.82. The van der Waals surface area contributed by atoms with Crippen LogP contribution in [0.4, 0.5) is 0 Å². The molecule has 1 aromatic rings. The van der Waals surface area contributed by atoms with Crippen molar-refractivity contribution in [2.45, 2.75) is 38.0 Å². The fourth-order valence-electron chi connectivity index (χ4n) is 1.49. The Morgan fingerprint density at radius 2 is 1.24 bits per heavy atom. The van der Waals surface area contributed by atoms with Crippen LogP contribution in [0.15, 0.2) is 20.5 Å². The van der Waals surface area contributed by atoms with Gasteiger partial charge in [-0.05, 0) is 25.4 Å². The molecule has 1 aromatic heterocycles. The van der Waals surface area contributed by atoms with Gasteiger partial charge in [-0.25, -0.2) is 0 Å². The molecular formula is C11H14ClN7O2. The Balaban J connectivity index is 1.49. The Labute approximate surface area is 125 Å². The summed E-state index contributed by atoms with van der Waals surface area (Å²) in [7, 11) is 0. The highest BCUT2D eigenvalue weighted by Gasteiger charge is 2.34. The van der Waals surface area contributed by atoms with E-state index in [1.54, 1.807) is 0 Å². The first-order valence-corrected chi connectivity index (χ1v) is 6.90. The number of hydrogen-bond donors (Lipinski definition) is 0. The average Bonchev–Trinajstić information content (AvgIpc) is 3.30. The molecule has 10 heteroatoms. The molecule has 112 valence electrons. The molecule has 9 nitrogen and oxygen atoms in total. The molecule has 0 spiro atoms. The van der Waals surface area contributed by atoms with E-state index in [-0.39, 0.29) is 28.6 Å². The lowest BCUT2D eigenvalue weighted by atomic mass is 10.2. The number of ether oxygens (including phenoxy) is 2. The second kappa shape index (κ2) is 5.14. The fraction of sp³-hybridized carbons (Fsp3) is 0.727. The van der Waals surface area contributed by atoms with Crippen LogP contribution in [0, 0.1) is 0 Å². The van der Waals surface area contributed by atoms with Crippen molar-refractivity contribution in [3.8, 4) is 12.0 Å². The minimum Gasteiger partial charge on any atom is -0.463 e. The van der Waals surface area contributed by atoms with Crippen LogP contribution in [0.3, 0.4) is 0 Å². The van der Waals surface area contributed by atoms with Gasteiger partial charge in [-0.15, -0.1) is 4.98 Å². The van der Waals surface area contributed by atoms with Crippen molar-refractivity contribution >= 4 is 11.6 Å². The Bertz CT molecular complexity index is 546. The summed E-state index contributed by atoms with van der Waals surface area (Å²) in [4.78, 5) is 11.8. The van der Waals surface area contributed by atoms with E-state index in [1.165, 1.54) is 0 Å². The maximum atomic E-state index is 5.82. The third kappa shape index (κ3) is 4.03. The number of aromatic nitrogens is 3. The summed E-state index contributed by atoms with van der Waals surface area (Å²) in [6.45, 7) is 4.61. The molecule has 0 unspecified atom stereocenters. The van der Waals surface area contributed by atoms with Crippen LogP contribution in [0.2, 0.25) is 5.28 Å². The van der Waals surface area contributed by atoms with Crippen LogP contribution < -0.4 is 9.47 Å². The van der Waals surface area contributed by atoms with Gasteiger partial charge in [0.25, 0.3) is 0 Å². The van der Waals surface area contributed by atoms with Gasteiger partial charge in [0, 0.05) is 12.8 Å². The summed E-state index contributed by atoms with van der Waals surface area (Å²) in [6.07, 6.45) is 1.32. The number of nitrogens with zero attached hydrogens (tertiary/aromatic N) is 7. The predicted octanol–water partition coefficient (Wildman–Crippen LogP) is 2.43. The van der Waals surface area contributed by atoms with Gasteiger partial charge >= 0.3 is 12.0 Å². The highest BCUT2D eigenvalue weighted by Crippen LogP contribution is 2.31. The smallest absolute Gasteiger partial charge is 0.323 e. The van der Waals surface area contributed by atoms with Gasteiger partial charge in [0.15, 0.2) is 11.3 Å². The van der Waals surface area contributed by atoms with E-state index in [4.69, 9.17) is 21.1 Å². The van der Waals surface area contributed by atoms with Crippen molar-refractivity contribution in [2.24, 2.45) is 20.5 Å². The molecule has 0 fully saturated rings. The molecule has 3 rings (SSSR count). The molecular weight excluding hydrogens is 298 g/mol. The molecule has 2 aliphatic rings. The van der Waals surface area contributed by atoms with Crippen LogP contribution in [0.5, 0.6) is 12.0 Å². The lowest BCUT2D eigenvalue weighted by Crippen LogP contribution is -2.14. The number of halogens is 1. The zero-order valence-corrected chi connectivity index (χ0v) is 12.4. The maximum Gasteiger partial charge on any atom is 0.323 e. The second-order valence-corrected chi connectivity index (χ2v) is 5.54. The highest BCUT2D eigenvalue weighted by molar-refractivity contribution is 6.28. The van der Waals surface area contributed by atoms with Crippen molar-refractivity contribution in [1.29, 1.82) is 0 Å². The van der Waals surface area contributed by atoms with Crippen LogP contribution in [-0.2, 0) is 0 Å². The van der Waals surface area contributed by atoms with Gasteiger partial charge in [-0.3, -0.25) is 0 Å². The highest BCUT2D eigenvalue weighted by atomic mass is 35.5. The van der Waals surface area contributed by atoms with Crippen molar-refractivity contribution in [3.05, 3.63) is 5.28 Å². The monoisotopic (exact) mass is 311 g/mol. The first-order chi connectivity index (χ1) is 9.96. The van der Waals surface area contributed by atoms with E-state index >= 15 is 0 Å². The largest absolute Gasteiger partial charge is 0.463 e. The van der Waals surface area contributed by atoms with Gasteiger partial charge in [0.05, 0.1) is 13.2 Å². The zero-order chi connectivity index (χ0) is 14.9. The topological polar surface area (TPSA) is 107 Å². The molecule has 0 N–H and O–H groups in total. The molecule has 0 aromatic carbocycles. The normalized spacial score (nSPS) is 19.4. The average molecular weight is 312 g/mol. The van der Waals surface area contributed by atoms with Crippen molar-refractivity contribution < 1.29 is 9.47 Å². The third-order valence-electron chi connectivity index (χ3n) is 3.06. The molecule has 21 heavy (non-hydrogen) atoms. The predicted molar refractivity (Wildman–Crippen MR) is 71.6 cm³/mol. The van der Waals surface area contributed by atoms with Crippen LogP contribution in [-0.4, -0.2) is 39.5 Å². The van der Waals surface area contributed by atoms with Gasteiger partial charge in [0.2, 0.25) is 5.28 Å². The van der Waals surface area contributed by atoms with E-state index in [9.17, 15) is 0 Å². The quantitative estimate of drug-likeness (QED) is 0.732. The van der Waals surface area contributed by atoms with Crippen molar-refractivity contribution in [1.82, 2.24) is 15.0 Å². The summed E-state index contributed by atoms with van der Waals surface area (Å²) in [5, 5.41) is 15.6. The minimum absolute atomic E-state index is 0.0222.